The maximum absolute atomic E-state index is 12.7. The molecule has 2 aliphatic heterocycles. The van der Waals surface area contributed by atoms with Crippen LogP contribution in [0.3, 0.4) is 0 Å². The van der Waals surface area contributed by atoms with Gasteiger partial charge in [0.2, 0.25) is 0 Å². The predicted molar refractivity (Wildman–Crippen MR) is 93.2 cm³/mol. The minimum atomic E-state index is 0.160. The van der Waals surface area contributed by atoms with E-state index in [1.807, 2.05) is 23.1 Å². The molecule has 1 fully saturated rings. The molecule has 0 unspecified atom stereocenters. The van der Waals surface area contributed by atoms with E-state index in [4.69, 9.17) is 0 Å². The number of para-hydroxylation sites is 1. The summed E-state index contributed by atoms with van der Waals surface area (Å²) in [6.45, 7) is 4.32. The minimum Gasteiger partial charge on any atom is -0.384 e. The number of carbonyl (C=O) groups is 1. The lowest BCUT2D eigenvalue weighted by molar-refractivity contribution is 0.0746. The van der Waals surface area contributed by atoms with Crippen LogP contribution in [0.4, 0.5) is 11.4 Å². The molecule has 118 valence electrons. The Morgan fingerprint density at radius 1 is 0.957 bits per heavy atom. The molecule has 2 heterocycles. The number of hydrogen-bond acceptors (Lipinski definition) is 3. The van der Waals surface area contributed by atoms with Crippen molar-refractivity contribution in [1.29, 1.82) is 0 Å². The second-order valence-corrected chi connectivity index (χ2v) is 6.16. The van der Waals surface area contributed by atoms with Gasteiger partial charge in [0.15, 0.2) is 0 Å². The van der Waals surface area contributed by atoms with Gasteiger partial charge in [-0.25, -0.2) is 0 Å². The van der Waals surface area contributed by atoms with Crippen LogP contribution in [0.15, 0.2) is 48.5 Å². The van der Waals surface area contributed by atoms with E-state index in [0.29, 0.717) is 0 Å². The fraction of sp³-hybridized carbons (Fsp3) is 0.316. The van der Waals surface area contributed by atoms with Crippen molar-refractivity contribution < 1.29 is 4.79 Å². The fourth-order valence-corrected chi connectivity index (χ4v) is 3.43. The third-order valence-electron chi connectivity index (χ3n) is 4.75. The fourth-order valence-electron chi connectivity index (χ4n) is 3.43. The molecule has 0 atom stereocenters. The highest BCUT2D eigenvalue weighted by molar-refractivity contribution is 5.95. The van der Waals surface area contributed by atoms with Gasteiger partial charge in [-0.2, -0.15) is 0 Å². The molecule has 1 saturated heterocycles. The van der Waals surface area contributed by atoms with Gasteiger partial charge in [-0.15, -0.1) is 0 Å². The van der Waals surface area contributed by atoms with E-state index in [9.17, 15) is 4.79 Å². The van der Waals surface area contributed by atoms with E-state index in [1.165, 1.54) is 16.9 Å². The van der Waals surface area contributed by atoms with Gasteiger partial charge in [-0.3, -0.25) is 4.79 Å². The Bertz CT molecular complexity index is 706. The number of nitrogens with one attached hydrogen (secondary N) is 1. The predicted octanol–water partition coefficient (Wildman–Crippen LogP) is 2.62. The average molecular weight is 307 g/mol. The first-order valence-corrected chi connectivity index (χ1v) is 8.27. The number of rotatable bonds is 2. The quantitative estimate of drug-likeness (QED) is 0.926. The van der Waals surface area contributed by atoms with Crippen LogP contribution >= 0.6 is 0 Å². The standard InChI is InChI=1S/C19H21N3O/c23-19(16-6-7-18-15(14-16)8-9-20-18)22-12-10-21(11-13-22)17-4-2-1-3-5-17/h1-7,14,20H,8-13H2. The summed E-state index contributed by atoms with van der Waals surface area (Å²) in [7, 11) is 0. The van der Waals surface area contributed by atoms with Gasteiger partial charge in [-0.1, -0.05) is 18.2 Å². The number of fused-ring (bicyclic) bond motifs is 1. The van der Waals surface area contributed by atoms with Gasteiger partial charge < -0.3 is 15.1 Å². The smallest absolute Gasteiger partial charge is 0.253 e. The van der Waals surface area contributed by atoms with Crippen LogP contribution in [0.1, 0.15) is 15.9 Å². The summed E-state index contributed by atoms with van der Waals surface area (Å²) in [5.74, 6) is 0.160. The van der Waals surface area contributed by atoms with Crippen molar-refractivity contribution in [3.05, 3.63) is 59.7 Å². The van der Waals surface area contributed by atoms with Crippen LogP contribution in [0, 0.1) is 0 Å². The number of nitrogens with zero attached hydrogens (tertiary/aromatic N) is 2. The van der Waals surface area contributed by atoms with Crippen LogP contribution in [-0.2, 0) is 6.42 Å². The molecule has 23 heavy (non-hydrogen) atoms. The van der Waals surface area contributed by atoms with E-state index in [-0.39, 0.29) is 5.91 Å². The SMILES string of the molecule is O=C(c1ccc2c(c1)CCN2)N1CCN(c2ccccc2)CC1. The van der Waals surface area contributed by atoms with Crippen molar-refractivity contribution >= 4 is 17.3 Å². The molecule has 4 rings (SSSR count). The second-order valence-electron chi connectivity index (χ2n) is 6.16. The molecule has 1 amide bonds. The molecule has 0 radical (unpaired) electrons. The highest BCUT2D eigenvalue weighted by Gasteiger charge is 2.23. The summed E-state index contributed by atoms with van der Waals surface area (Å²) >= 11 is 0. The van der Waals surface area contributed by atoms with E-state index < -0.39 is 0 Å². The number of amides is 1. The van der Waals surface area contributed by atoms with Crippen LogP contribution in [0.5, 0.6) is 0 Å². The van der Waals surface area contributed by atoms with Crippen LogP contribution in [0.25, 0.3) is 0 Å². The Balaban J connectivity index is 1.43. The molecule has 2 aromatic rings. The average Bonchev–Trinajstić information content (AvgIpc) is 3.10. The Kier molecular flexibility index (Phi) is 3.66. The normalized spacial score (nSPS) is 16.9. The molecule has 0 aliphatic carbocycles. The summed E-state index contributed by atoms with van der Waals surface area (Å²) in [5.41, 5.74) is 4.50. The third kappa shape index (κ3) is 2.77. The van der Waals surface area contributed by atoms with Gasteiger partial charge >= 0.3 is 0 Å². The molecule has 0 bridgehead atoms. The van der Waals surface area contributed by atoms with Gasteiger partial charge in [0.05, 0.1) is 0 Å². The summed E-state index contributed by atoms with van der Waals surface area (Å²) in [5, 5.41) is 3.34. The first-order chi connectivity index (χ1) is 11.3. The zero-order valence-corrected chi connectivity index (χ0v) is 13.2. The summed E-state index contributed by atoms with van der Waals surface area (Å²) in [6.07, 6.45) is 1.01. The van der Waals surface area contributed by atoms with Gasteiger partial charge in [0.1, 0.15) is 0 Å². The van der Waals surface area contributed by atoms with Gasteiger partial charge in [-0.05, 0) is 42.3 Å². The largest absolute Gasteiger partial charge is 0.384 e. The number of anilines is 2. The van der Waals surface area contributed by atoms with Crippen LogP contribution in [-0.4, -0.2) is 43.5 Å². The topological polar surface area (TPSA) is 35.6 Å². The second kappa shape index (κ2) is 5.95. The molecule has 0 spiro atoms. The van der Waals surface area contributed by atoms with Crippen molar-refractivity contribution in [3.63, 3.8) is 0 Å². The Morgan fingerprint density at radius 2 is 1.74 bits per heavy atom. The zero-order chi connectivity index (χ0) is 15.6. The molecule has 0 aromatic heterocycles. The third-order valence-corrected chi connectivity index (χ3v) is 4.75. The molecular weight excluding hydrogens is 286 g/mol. The van der Waals surface area contributed by atoms with Crippen molar-refractivity contribution in [3.8, 4) is 0 Å². The molecule has 1 N–H and O–H groups in total. The lowest BCUT2D eigenvalue weighted by atomic mass is 10.1. The van der Waals surface area contributed by atoms with Gasteiger partial charge in [0, 0.05) is 49.7 Å². The lowest BCUT2D eigenvalue weighted by Gasteiger charge is -2.36. The van der Waals surface area contributed by atoms with Gasteiger partial charge in [0.25, 0.3) is 5.91 Å². The van der Waals surface area contributed by atoms with Crippen molar-refractivity contribution in [1.82, 2.24) is 4.90 Å². The number of carbonyl (C=O) groups excluding carboxylic acids is 1. The molecule has 0 saturated carbocycles. The van der Waals surface area contributed by atoms with E-state index >= 15 is 0 Å². The van der Waals surface area contributed by atoms with Crippen LogP contribution in [0.2, 0.25) is 0 Å². The minimum absolute atomic E-state index is 0.160. The maximum atomic E-state index is 12.7. The highest BCUT2D eigenvalue weighted by atomic mass is 16.2. The van der Waals surface area contributed by atoms with Crippen molar-refractivity contribution in [2.45, 2.75) is 6.42 Å². The first-order valence-electron chi connectivity index (χ1n) is 8.27. The Morgan fingerprint density at radius 3 is 2.52 bits per heavy atom. The first kappa shape index (κ1) is 14.1. The Hall–Kier alpha value is -2.49. The highest BCUT2D eigenvalue weighted by Crippen LogP contribution is 2.24. The van der Waals surface area contributed by atoms with Crippen molar-refractivity contribution in [2.75, 3.05) is 42.9 Å². The summed E-state index contributed by atoms with van der Waals surface area (Å²) in [6, 6.07) is 16.5. The molecular formula is C19H21N3O. The zero-order valence-electron chi connectivity index (χ0n) is 13.2. The molecule has 4 heteroatoms. The van der Waals surface area contributed by atoms with Crippen LogP contribution < -0.4 is 10.2 Å². The van der Waals surface area contributed by atoms with E-state index in [0.717, 1.165) is 44.7 Å². The molecule has 4 nitrogen and oxygen atoms in total. The lowest BCUT2D eigenvalue weighted by Crippen LogP contribution is -2.48. The molecule has 2 aliphatic rings. The summed E-state index contributed by atoms with van der Waals surface area (Å²) in [4.78, 5) is 17.0. The van der Waals surface area contributed by atoms with E-state index in [2.05, 4.69) is 40.5 Å². The summed E-state index contributed by atoms with van der Waals surface area (Å²) < 4.78 is 0. The maximum Gasteiger partial charge on any atom is 0.253 e. The number of piperazine rings is 1. The molecule has 2 aromatic carbocycles. The monoisotopic (exact) mass is 307 g/mol. The van der Waals surface area contributed by atoms with E-state index in [1.54, 1.807) is 0 Å². The number of hydrogen-bond donors (Lipinski definition) is 1. The Labute approximate surface area is 136 Å². The van der Waals surface area contributed by atoms with Crippen molar-refractivity contribution in [2.24, 2.45) is 0 Å². The number of benzene rings is 2.